The van der Waals surface area contributed by atoms with Crippen LogP contribution in [0.4, 0.5) is 0 Å². The summed E-state index contributed by atoms with van der Waals surface area (Å²) in [5.74, 6) is 0.915. The lowest BCUT2D eigenvalue weighted by molar-refractivity contribution is 0.414. The van der Waals surface area contributed by atoms with Gasteiger partial charge in [0.25, 0.3) is 0 Å². The zero-order chi connectivity index (χ0) is 20.7. The number of hydrogen-bond acceptors (Lipinski definition) is 1. The molecule has 1 nitrogen and oxygen atoms in total. The second-order valence-electron chi connectivity index (χ2n) is 7.49. The van der Waals surface area contributed by atoms with Crippen molar-refractivity contribution >= 4 is 23.2 Å². The molecule has 0 aliphatic rings. The molecule has 0 atom stereocenters. The Labute approximate surface area is 180 Å². The molecule has 0 spiro atoms. The number of aryl methyl sites for hydroxylation is 1. The Bertz CT molecular complexity index is 932. The van der Waals surface area contributed by atoms with Crippen molar-refractivity contribution in [2.45, 2.75) is 12.8 Å². The van der Waals surface area contributed by atoms with Gasteiger partial charge in [-0.05, 0) is 66.9 Å². The van der Waals surface area contributed by atoms with Crippen molar-refractivity contribution in [1.29, 1.82) is 0 Å². The van der Waals surface area contributed by atoms with Gasteiger partial charge in [0.1, 0.15) is 28.9 Å². The zero-order valence-corrected chi connectivity index (χ0v) is 18.3. The standard InChI is InChI=1S/C28H28OP/c1-29-25-21-19-24(20-22-25)12-11-23-30(26-13-5-2-6-14-26,27-15-7-3-8-16-27)28-17-9-4-10-18-28/h2-10,13-22H,11-12,23H2,1H3/q+1. The summed E-state index contributed by atoms with van der Waals surface area (Å²) in [7, 11) is -0.0145. The first-order chi connectivity index (χ1) is 14.8. The molecule has 0 fully saturated rings. The van der Waals surface area contributed by atoms with E-state index < -0.39 is 7.26 Å². The maximum absolute atomic E-state index is 5.31. The maximum atomic E-state index is 5.31. The topological polar surface area (TPSA) is 9.23 Å². The van der Waals surface area contributed by atoms with Gasteiger partial charge in [0, 0.05) is 0 Å². The predicted octanol–water partition coefficient (Wildman–Crippen LogP) is 5.62. The second-order valence-corrected chi connectivity index (χ2v) is 11.1. The molecule has 0 amide bonds. The van der Waals surface area contributed by atoms with Crippen LogP contribution in [0.15, 0.2) is 115 Å². The van der Waals surface area contributed by atoms with E-state index in [1.54, 1.807) is 7.11 Å². The van der Waals surface area contributed by atoms with E-state index in [4.69, 9.17) is 4.74 Å². The first kappa shape index (κ1) is 20.4. The molecule has 4 aromatic rings. The van der Waals surface area contributed by atoms with Crippen LogP contribution in [0.25, 0.3) is 0 Å². The minimum atomic E-state index is -1.73. The number of benzene rings is 4. The van der Waals surface area contributed by atoms with Crippen LogP contribution in [0, 0.1) is 0 Å². The molecular formula is C28H28OP+. The molecule has 2 heteroatoms. The lowest BCUT2D eigenvalue weighted by Gasteiger charge is -2.27. The third-order valence-corrected chi connectivity index (χ3v) is 10.2. The van der Waals surface area contributed by atoms with Gasteiger partial charge in [-0.1, -0.05) is 66.7 Å². The van der Waals surface area contributed by atoms with Crippen LogP contribution >= 0.6 is 7.26 Å². The maximum Gasteiger partial charge on any atom is 0.118 e. The number of rotatable bonds is 8. The van der Waals surface area contributed by atoms with E-state index in [1.165, 1.54) is 21.5 Å². The van der Waals surface area contributed by atoms with Gasteiger partial charge in [-0.3, -0.25) is 0 Å². The first-order valence-electron chi connectivity index (χ1n) is 10.5. The highest BCUT2D eigenvalue weighted by atomic mass is 31.2. The Morgan fingerprint density at radius 2 is 1.00 bits per heavy atom. The summed E-state index contributed by atoms with van der Waals surface area (Å²) in [6, 6.07) is 41.8. The largest absolute Gasteiger partial charge is 0.497 e. The Hall–Kier alpha value is -2.89. The molecule has 4 rings (SSSR count). The molecular weight excluding hydrogens is 383 g/mol. The lowest BCUT2D eigenvalue weighted by atomic mass is 10.1. The van der Waals surface area contributed by atoms with Gasteiger partial charge in [0.2, 0.25) is 0 Å². The van der Waals surface area contributed by atoms with Gasteiger partial charge in [-0.25, -0.2) is 0 Å². The number of ether oxygens (including phenoxy) is 1. The first-order valence-corrected chi connectivity index (χ1v) is 12.5. The zero-order valence-electron chi connectivity index (χ0n) is 17.4. The molecule has 0 aromatic heterocycles. The van der Waals surface area contributed by atoms with Crippen molar-refractivity contribution in [1.82, 2.24) is 0 Å². The average molecular weight is 412 g/mol. The molecule has 0 unspecified atom stereocenters. The quantitative estimate of drug-likeness (QED) is 0.342. The fraction of sp³-hybridized carbons (Fsp3) is 0.143. The third-order valence-electron chi connectivity index (χ3n) is 5.71. The van der Waals surface area contributed by atoms with E-state index >= 15 is 0 Å². The van der Waals surface area contributed by atoms with Crippen molar-refractivity contribution in [2.75, 3.05) is 13.3 Å². The van der Waals surface area contributed by atoms with Gasteiger partial charge in [-0.2, -0.15) is 0 Å². The highest BCUT2D eigenvalue weighted by Gasteiger charge is 2.44. The SMILES string of the molecule is COc1ccc(CCC[P+](c2ccccc2)(c2ccccc2)c2ccccc2)cc1. The Morgan fingerprint density at radius 1 is 0.567 bits per heavy atom. The van der Waals surface area contributed by atoms with Gasteiger partial charge in [-0.15, -0.1) is 0 Å². The average Bonchev–Trinajstić information content (AvgIpc) is 2.84. The van der Waals surface area contributed by atoms with E-state index in [0.717, 1.165) is 24.8 Å². The molecule has 0 aliphatic carbocycles. The lowest BCUT2D eigenvalue weighted by Crippen LogP contribution is -2.33. The monoisotopic (exact) mass is 411 g/mol. The molecule has 0 heterocycles. The summed E-state index contributed by atoms with van der Waals surface area (Å²) in [4.78, 5) is 0. The highest BCUT2D eigenvalue weighted by Crippen LogP contribution is 2.55. The van der Waals surface area contributed by atoms with Crippen molar-refractivity contribution < 1.29 is 4.74 Å². The normalized spacial score (nSPS) is 11.2. The van der Waals surface area contributed by atoms with Crippen LogP contribution in [-0.2, 0) is 6.42 Å². The molecule has 150 valence electrons. The molecule has 4 aromatic carbocycles. The van der Waals surface area contributed by atoms with Gasteiger partial charge < -0.3 is 4.74 Å². The molecule has 0 radical (unpaired) electrons. The molecule has 0 saturated heterocycles. The van der Waals surface area contributed by atoms with Crippen LogP contribution in [0.1, 0.15) is 12.0 Å². The predicted molar refractivity (Wildman–Crippen MR) is 131 cm³/mol. The van der Waals surface area contributed by atoms with Gasteiger partial charge >= 0.3 is 0 Å². The van der Waals surface area contributed by atoms with E-state index in [-0.39, 0.29) is 0 Å². The highest BCUT2D eigenvalue weighted by molar-refractivity contribution is 7.95. The minimum Gasteiger partial charge on any atom is -0.497 e. The van der Waals surface area contributed by atoms with Crippen molar-refractivity contribution in [3.05, 3.63) is 121 Å². The van der Waals surface area contributed by atoms with Crippen LogP contribution in [0.5, 0.6) is 5.75 Å². The minimum absolute atomic E-state index is 0.915. The van der Waals surface area contributed by atoms with Crippen LogP contribution in [0.3, 0.4) is 0 Å². The molecule has 0 saturated carbocycles. The van der Waals surface area contributed by atoms with Crippen LogP contribution in [0.2, 0.25) is 0 Å². The smallest absolute Gasteiger partial charge is 0.118 e. The van der Waals surface area contributed by atoms with E-state index in [1.807, 2.05) is 0 Å². The molecule has 0 N–H and O–H groups in total. The number of hydrogen-bond donors (Lipinski definition) is 0. The van der Waals surface area contributed by atoms with Gasteiger partial charge in [0.15, 0.2) is 0 Å². The summed E-state index contributed by atoms with van der Waals surface area (Å²) in [5, 5.41) is 4.37. The van der Waals surface area contributed by atoms with E-state index in [9.17, 15) is 0 Å². The van der Waals surface area contributed by atoms with Crippen molar-refractivity contribution in [2.24, 2.45) is 0 Å². The second kappa shape index (κ2) is 9.74. The Kier molecular flexibility index (Phi) is 6.62. The molecule has 0 bridgehead atoms. The van der Waals surface area contributed by atoms with Crippen molar-refractivity contribution in [3.63, 3.8) is 0 Å². The summed E-state index contributed by atoms with van der Waals surface area (Å²) in [6.45, 7) is 0. The molecule has 0 aliphatic heterocycles. The summed E-state index contributed by atoms with van der Waals surface area (Å²) in [5.41, 5.74) is 1.36. The summed E-state index contributed by atoms with van der Waals surface area (Å²) >= 11 is 0. The summed E-state index contributed by atoms with van der Waals surface area (Å²) < 4.78 is 5.31. The van der Waals surface area contributed by atoms with Crippen LogP contribution in [-0.4, -0.2) is 13.3 Å². The Balaban J connectivity index is 1.72. The van der Waals surface area contributed by atoms with E-state index in [0.29, 0.717) is 0 Å². The summed E-state index contributed by atoms with van der Waals surface area (Å²) in [6.07, 6.45) is 3.36. The third kappa shape index (κ3) is 4.32. The number of methoxy groups -OCH3 is 1. The fourth-order valence-corrected chi connectivity index (χ4v) is 8.54. The Morgan fingerprint density at radius 3 is 1.40 bits per heavy atom. The van der Waals surface area contributed by atoms with Crippen molar-refractivity contribution in [3.8, 4) is 5.75 Å². The van der Waals surface area contributed by atoms with Crippen LogP contribution < -0.4 is 20.7 Å². The molecule has 30 heavy (non-hydrogen) atoms. The van der Waals surface area contributed by atoms with E-state index in [2.05, 4.69) is 115 Å². The fourth-order valence-electron chi connectivity index (χ4n) is 4.19. The van der Waals surface area contributed by atoms with Gasteiger partial charge in [0.05, 0.1) is 13.3 Å².